The molecule has 148 valence electrons. The van der Waals surface area contributed by atoms with Crippen LogP contribution in [0.4, 0.5) is 13.2 Å². The van der Waals surface area contributed by atoms with Crippen molar-refractivity contribution in [2.45, 2.75) is 44.8 Å². The molecule has 0 bridgehead atoms. The molecule has 0 aromatic carbocycles. The number of ketones is 1. The maximum absolute atomic E-state index is 13.3. The van der Waals surface area contributed by atoms with Crippen LogP contribution in [0.25, 0.3) is 0 Å². The van der Waals surface area contributed by atoms with Crippen LogP contribution in [0.15, 0.2) is 17.6 Å². The first-order chi connectivity index (χ1) is 13.3. The van der Waals surface area contributed by atoms with Crippen LogP contribution in [0.3, 0.4) is 0 Å². The lowest BCUT2D eigenvalue weighted by atomic mass is 9.95. The molecule has 6 nitrogen and oxygen atoms in total. The molecule has 0 unspecified atom stereocenters. The van der Waals surface area contributed by atoms with E-state index in [1.807, 2.05) is 0 Å². The molecule has 0 N–H and O–H groups in total. The van der Waals surface area contributed by atoms with E-state index in [2.05, 4.69) is 15.2 Å². The molecule has 28 heavy (non-hydrogen) atoms. The summed E-state index contributed by atoms with van der Waals surface area (Å²) in [6.45, 7) is 0.139. The molecule has 1 aliphatic rings. The van der Waals surface area contributed by atoms with E-state index in [0.717, 1.165) is 12.8 Å². The van der Waals surface area contributed by atoms with Crippen LogP contribution in [0, 0.1) is 0 Å². The zero-order chi connectivity index (χ0) is 19.9. The van der Waals surface area contributed by atoms with E-state index >= 15 is 0 Å². The second kappa shape index (κ2) is 7.16. The van der Waals surface area contributed by atoms with Gasteiger partial charge in [-0.1, -0.05) is 0 Å². The molecule has 0 saturated heterocycles. The van der Waals surface area contributed by atoms with E-state index < -0.39 is 11.9 Å². The van der Waals surface area contributed by atoms with Crippen LogP contribution in [0.1, 0.15) is 51.0 Å². The quantitative estimate of drug-likeness (QED) is 0.606. The van der Waals surface area contributed by atoms with Gasteiger partial charge in [0.15, 0.2) is 11.5 Å². The third kappa shape index (κ3) is 3.73. The molecular formula is C18H18F3N5OS. The summed E-state index contributed by atoms with van der Waals surface area (Å²) >= 11 is 1.26. The maximum atomic E-state index is 13.3. The lowest BCUT2D eigenvalue weighted by Gasteiger charge is -2.14. The van der Waals surface area contributed by atoms with Gasteiger partial charge in [0, 0.05) is 29.9 Å². The van der Waals surface area contributed by atoms with Gasteiger partial charge in [0.1, 0.15) is 10.7 Å². The minimum Gasteiger partial charge on any atom is -0.292 e. The summed E-state index contributed by atoms with van der Waals surface area (Å²) in [5.74, 6) is -0.167. The van der Waals surface area contributed by atoms with E-state index in [9.17, 15) is 18.0 Å². The maximum Gasteiger partial charge on any atom is 0.435 e. The smallest absolute Gasteiger partial charge is 0.292 e. The SMILES string of the molecule is Cn1ccc(CC(=O)c2csc(Cn3nc(C(F)(F)F)c4c3CCCC4)n2)n1. The van der Waals surface area contributed by atoms with Crippen LogP contribution >= 0.6 is 11.3 Å². The minimum atomic E-state index is -4.46. The fourth-order valence-corrected chi connectivity index (χ4v) is 4.26. The highest BCUT2D eigenvalue weighted by atomic mass is 32.1. The number of Topliss-reactive ketones (excluding diaryl/α,β-unsaturated/α-hetero) is 1. The number of fused-ring (bicyclic) bond motifs is 1. The summed E-state index contributed by atoms with van der Waals surface area (Å²) in [6, 6.07) is 1.76. The third-order valence-corrected chi connectivity index (χ3v) is 5.59. The lowest BCUT2D eigenvalue weighted by Crippen LogP contribution is -2.11. The predicted molar refractivity (Wildman–Crippen MR) is 96.3 cm³/mol. The van der Waals surface area contributed by atoms with Crippen molar-refractivity contribution in [2.24, 2.45) is 7.05 Å². The van der Waals surface area contributed by atoms with Gasteiger partial charge in [0.25, 0.3) is 0 Å². The van der Waals surface area contributed by atoms with Gasteiger partial charge < -0.3 is 0 Å². The summed E-state index contributed by atoms with van der Waals surface area (Å²) in [7, 11) is 1.77. The highest BCUT2D eigenvalue weighted by Crippen LogP contribution is 2.36. The second-order valence-electron chi connectivity index (χ2n) is 6.84. The fraction of sp³-hybridized carbons (Fsp3) is 0.444. The Morgan fingerprint density at radius 1 is 1.25 bits per heavy atom. The number of carbonyl (C=O) groups is 1. The molecule has 0 spiro atoms. The Morgan fingerprint density at radius 3 is 2.75 bits per heavy atom. The second-order valence-corrected chi connectivity index (χ2v) is 7.79. The fourth-order valence-electron chi connectivity index (χ4n) is 3.48. The first-order valence-corrected chi connectivity index (χ1v) is 9.81. The monoisotopic (exact) mass is 409 g/mol. The average molecular weight is 409 g/mol. The van der Waals surface area contributed by atoms with Crippen molar-refractivity contribution in [1.82, 2.24) is 24.5 Å². The van der Waals surface area contributed by atoms with Gasteiger partial charge in [-0.3, -0.25) is 14.2 Å². The summed E-state index contributed by atoms with van der Waals surface area (Å²) in [6.07, 6.45) is 0.00489. The van der Waals surface area contributed by atoms with Gasteiger partial charge in [-0.25, -0.2) is 4.98 Å². The highest BCUT2D eigenvalue weighted by molar-refractivity contribution is 7.09. The molecule has 3 aromatic heterocycles. The Labute approximate surface area is 163 Å². The Morgan fingerprint density at radius 2 is 2.04 bits per heavy atom. The van der Waals surface area contributed by atoms with Crippen LogP contribution in [-0.2, 0) is 39.0 Å². The predicted octanol–water partition coefficient (Wildman–Crippen LogP) is 3.44. The van der Waals surface area contributed by atoms with Crippen LogP contribution in [-0.4, -0.2) is 30.3 Å². The van der Waals surface area contributed by atoms with E-state index in [1.165, 1.54) is 16.0 Å². The molecule has 0 atom stereocenters. The van der Waals surface area contributed by atoms with Crippen molar-refractivity contribution in [2.75, 3.05) is 0 Å². The van der Waals surface area contributed by atoms with Crippen molar-refractivity contribution in [3.63, 3.8) is 0 Å². The Kier molecular flexibility index (Phi) is 4.82. The van der Waals surface area contributed by atoms with Gasteiger partial charge in [-0.2, -0.15) is 23.4 Å². The van der Waals surface area contributed by atoms with E-state index in [0.29, 0.717) is 40.5 Å². The molecule has 0 saturated carbocycles. The van der Waals surface area contributed by atoms with Crippen LogP contribution in [0.2, 0.25) is 0 Å². The number of aromatic nitrogens is 5. The number of hydrogen-bond acceptors (Lipinski definition) is 5. The number of aryl methyl sites for hydroxylation is 1. The van der Waals surface area contributed by atoms with E-state index in [4.69, 9.17) is 0 Å². The molecule has 3 aromatic rings. The normalized spacial score (nSPS) is 14.3. The molecule has 1 aliphatic carbocycles. The molecular weight excluding hydrogens is 391 g/mol. The topological polar surface area (TPSA) is 65.6 Å². The van der Waals surface area contributed by atoms with Gasteiger partial charge in [-0.05, 0) is 31.7 Å². The van der Waals surface area contributed by atoms with Gasteiger partial charge in [0.05, 0.1) is 18.7 Å². The zero-order valence-corrected chi connectivity index (χ0v) is 16.0. The van der Waals surface area contributed by atoms with Crippen molar-refractivity contribution < 1.29 is 18.0 Å². The Bertz CT molecular complexity index is 1020. The molecule has 3 heterocycles. The first kappa shape index (κ1) is 18.9. The third-order valence-electron chi connectivity index (χ3n) is 4.76. The zero-order valence-electron chi connectivity index (χ0n) is 15.2. The summed E-state index contributed by atoms with van der Waals surface area (Å²) in [4.78, 5) is 16.7. The molecule has 0 radical (unpaired) electrons. The van der Waals surface area contributed by atoms with Crippen molar-refractivity contribution >= 4 is 17.1 Å². The van der Waals surface area contributed by atoms with E-state index in [-0.39, 0.29) is 18.7 Å². The summed E-state index contributed by atoms with van der Waals surface area (Å²) < 4.78 is 42.9. The summed E-state index contributed by atoms with van der Waals surface area (Å²) in [5, 5.41) is 10.2. The molecule has 0 amide bonds. The first-order valence-electron chi connectivity index (χ1n) is 8.93. The number of rotatable bonds is 5. The van der Waals surface area contributed by atoms with E-state index in [1.54, 1.807) is 29.4 Å². The number of thiazole rings is 1. The molecule has 10 heteroatoms. The average Bonchev–Trinajstić information content (AvgIpc) is 3.34. The number of halogens is 3. The standard InChI is InChI=1S/C18H18F3N5OS/c1-25-7-6-11(23-25)8-15(27)13-10-28-16(22-13)9-26-14-5-3-2-4-12(14)17(24-26)18(19,20)21/h6-7,10H,2-5,8-9H2,1H3. The Hall–Kier alpha value is -2.49. The lowest BCUT2D eigenvalue weighted by molar-refractivity contribution is -0.142. The number of nitrogens with zero attached hydrogens (tertiary/aromatic N) is 5. The van der Waals surface area contributed by atoms with Gasteiger partial charge >= 0.3 is 6.18 Å². The molecule has 4 rings (SSSR count). The largest absolute Gasteiger partial charge is 0.435 e. The molecule has 0 fully saturated rings. The Balaban J connectivity index is 1.54. The number of carbonyl (C=O) groups excluding carboxylic acids is 1. The van der Waals surface area contributed by atoms with Crippen molar-refractivity contribution in [3.05, 3.63) is 51.0 Å². The van der Waals surface area contributed by atoms with Gasteiger partial charge in [0.2, 0.25) is 0 Å². The molecule has 0 aliphatic heterocycles. The number of alkyl halides is 3. The summed E-state index contributed by atoms with van der Waals surface area (Å²) in [5.41, 5.74) is 1.11. The minimum absolute atomic E-state index is 0.138. The van der Waals surface area contributed by atoms with Crippen LogP contribution in [0.5, 0.6) is 0 Å². The highest BCUT2D eigenvalue weighted by Gasteiger charge is 2.39. The van der Waals surface area contributed by atoms with Crippen molar-refractivity contribution in [3.8, 4) is 0 Å². The van der Waals surface area contributed by atoms with Gasteiger partial charge in [-0.15, -0.1) is 11.3 Å². The van der Waals surface area contributed by atoms with Crippen molar-refractivity contribution in [1.29, 1.82) is 0 Å². The van der Waals surface area contributed by atoms with Crippen LogP contribution < -0.4 is 0 Å². The number of hydrogen-bond donors (Lipinski definition) is 0.